The van der Waals surface area contributed by atoms with E-state index >= 15 is 0 Å². The zero-order chi connectivity index (χ0) is 14.4. The van der Waals surface area contributed by atoms with Crippen LogP contribution in [0.15, 0.2) is 28.0 Å². The lowest BCUT2D eigenvalue weighted by Gasteiger charge is -2.15. The highest BCUT2D eigenvalue weighted by Gasteiger charge is 2.38. The Hall–Kier alpha value is 0.850. The van der Waals surface area contributed by atoms with Crippen LogP contribution < -0.4 is 0 Å². The maximum absolute atomic E-state index is 12.1. The maximum atomic E-state index is 12.1. The molecule has 0 radical (unpaired) electrons. The number of halogens is 4. The van der Waals surface area contributed by atoms with Crippen molar-refractivity contribution in [3.8, 4) is 0 Å². The molecule has 0 bridgehead atoms. The summed E-state index contributed by atoms with van der Waals surface area (Å²) in [5.74, 6) is 0. The third kappa shape index (κ3) is 3.49. The van der Waals surface area contributed by atoms with E-state index in [1.807, 2.05) is 0 Å². The van der Waals surface area contributed by atoms with Gasteiger partial charge in [-0.15, -0.1) is 0 Å². The Labute approximate surface area is 135 Å². The van der Waals surface area contributed by atoms with Crippen molar-refractivity contribution < 1.29 is 16.8 Å². The molecule has 102 valence electrons. The van der Waals surface area contributed by atoms with E-state index in [9.17, 15) is 16.8 Å². The predicted octanol–water partition coefficient (Wildman–Crippen LogP) is 3.31. The van der Waals surface area contributed by atoms with Crippen molar-refractivity contribution in [1.29, 1.82) is 0 Å². The van der Waals surface area contributed by atoms with Crippen LogP contribution in [0.25, 0.3) is 0 Å². The van der Waals surface area contributed by atoms with Crippen molar-refractivity contribution in [2.24, 2.45) is 0 Å². The monoisotopic (exact) mass is 502 g/mol. The van der Waals surface area contributed by atoms with Crippen molar-refractivity contribution in [1.82, 2.24) is 0 Å². The zero-order valence-electron chi connectivity index (χ0n) is 8.69. The summed E-state index contributed by atoms with van der Waals surface area (Å²) in [6.45, 7) is 0. The Morgan fingerprint density at radius 2 is 1.61 bits per heavy atom. The lowest BCUT2D eigenvalue weighted by atomic mass is 10.4. The molecule has 0 saturated carbocycles. The first-order chi connectivity index (χ1) is 7.87. The lowest BCUT2D eigenvalue weighted by molar-refractivity contribution is 0.596. The highest BCUT2D eigenvalue weighted by atomic mass is 80.0. The smallest absolute Gasteiger partial charge is 0.224 e. The van der Waals surface area contributed by atoms with Gasteiger partial charge in [0.25, 0.3) is 0 Å². The van der Waals surface area contributed by atoms with E-state index in [4.69, 9.17) is 11.6 Å². The van der Waals surface area contributed by atoms with Crippen LogP contribution in [0.3, 0.4) is 0 Å². The molecular weight excluding hydrogens is 499 g/mol. The second-order valence-corrected chi connectivity index (χ2v) is 16.1. The second kappa shape index (κ2) is 5.33. The number of hydrogen-bond acceptors (Lipinski definition) is 4. The molecule has 0 atom stereocenters. The Balaban J connectivity index is 3.50. The minimum atomic E-state index is -3.85. The summed E-state index contributed by atoms with van der Waals surface area (Å²) in [6.07, 6.45) is 1.01. The summed E-state index contributed by atoms with van der Waals surface area (Å²) in [4.78, 5) is -0.238. The van der Waals surface area contributed by atoms with Crippen LogP contribution >= 0.6 is 59.4 Å². The Morgan fingerprint density at radius 1 is 1.11 bits per heavy atom. The average molecular weight is 505 g/mol. The van der Waals surface area contributed by atoms with Crippen LogP contribution in [0, 0.1) is 0 Å². The van der Waals surface area contributed by atoms with Gasteiger partial charge in [-0.25, -0.2) is 16.8 Å². The molecule has 0 spiro atoms. The third-order valence-electron chi connectivity index (χ3n) is 1.93. The fraction of sp³-hybridized carbons (Fsp3) is 0.250. The number of alkyl halides is 3. The van der Waals surface area contributed by atoms with Crippen LogP contribution in [-0.4, -0.2) is 24.6 Å². The standard InChI is InChI=1S/C8H6Br3ClO4S2/c1-17(13,14)5-2-3-7(6(12)4-5)18(15,16)8(9,10)11/h2-4H,1H3. The summed E-state index contributed by atoms with van der Waals surface area (Å²) >= 11 is 14.5. The topological polar surface area (TPSA) is 68.3 Å². The van der Waals surface area contributed by atoms with Crippen molar-refractivity contribution in [3.05, 3.63) is 23.2 Å². The van der Waals surface area contributed by atoms with Gasteiger partial charge in [-0.05, 0) is 66.0 Å². The summed E-state index contributed by atoms with van der Waals surface area (Å²) in [5.41, 5.74) is 0. The van der Waals surface area contributed by atoms with E-state index in [0.29, 0.717) is 0 Å². The predicted molar refractivity (Wildman–Crippen MR) is 81.3 cm³/mol. The second-order valence-electron chi connectivity index (χ2n) is 3.31. The number of rotatable bonds is 2. The van der Waals surface area contributed by atoms with Gasteiger partial charge in [-0.3, -0.25) is 0 Å². The molecule has 0 aromatic heterocycles. The molecule has 10 heteroatoms. The molecule has 1 rings (SSSR count). The molecule has 0 aliphatic heterocycles. The van der Waals surface area contributed by atoms with Crippen molar-refractivity contribution >= 4 is 79.1 Å². The van der Waals surface area contributed by atoms with Gasteiger partial charge in [-0.2, -0.15) is 0 Å². The van der Waals surface area contributed by atoms with E-state index < -0.39 is 21.1 Å². The van der Waals surface area contributed by atoms with Gasteiger partial charge < -0.3 is 0 Å². The summed E-state index contributed by atoms with van der Waals surface area (Å²) in [7, 11) is -7.28. The highest BCUT2D eigenvalue weighted by Crippen LogP contribution is 2.45. The van der Waals surface area contributed by atoms with Gasteiger partial charge in [-0.1, -0.05) is 11.6 Å². The summed E-state index contributed by atoms with van der Waals surface area (Å²) < 4.78 is 45.2. The Morgan fingerprint density at radius 3 is 1.94 bits per heavy atom. The summed E-state index contributed by atoms with van der Waals surface area (Å²) in [5, 5.41) is -0.166. The third-order valence-corrected chi connectivity index (χ3v) is 8.84. The van der Waals surface area contributed by atoms with Crippen LogP contribution in [0.5, 0.6) is 0 Å². The SMILES string of the molecule is CS(=O)(=O)c1ccc(S(=O)(=O)C(Br)(Br)Br)c(Cl)c1. The quantitative estimate of drug-likeness (QED) is 0.579. The molecule has 0 heterocycles. The highest BCUT2D eigenvalue weighted by molar-refractivity contribution is 9.42. The van der Waals surface area contributed by atoms with E-state index in [2.05, 4.69) is 47.8 Å². The van der Waals surface area contributed by atoms with Gasteiger partial charge in [0.05, 0.1) is 14.8 Å². The van der Waals surface area contributed by atoms with Crippen LogP contribution in [0.2, 0.25) is 5.02 Å². The molecule has 0 aliphatic carbocycles. The molecule has 0 N–H and O–H groups in total. The van der Waals surface area contributed by atoms with Crippen LogP contribution in [-0.2, 0) is 19.7 Å². The maximum Gasteiger partial charge on any atom is 0.239 e. The van der Waals surface area contributed by atoms with E-state index in [-0.39, 0.29) is 14.8 Å². The van der Waals surface area contributed by atoms with Gasteiger partial charge in [0.1, 0.15) is 0 Å². The Kier molecular flexibility index (Phi) is 5.00. The largest absolute Gasteiger partial charge is 0.239 e. The minimum absolute atomic E-state index is 0.0456. The molecule has 0 saturated heterocycles. The van der Waals surface area contributed by atoms with Crippen LogP contribution in [0.1, 0.15) is 0 Å². The van der Waals surface area contributed by atoms with Gasteiger partial charge in [0.15, 0.2) is 9.84 Å². The fourth-order valence-corrected chi connectivity index (χ4v) is 4.63. The van der Waals surface area contributed by atoms with E-state index in [1.54, 1.807) is 0 Å². The van der Waals surface area contributed by atoms with Crippen molar-refractivity contribution in [2.45, 2.75) is 11.3 Å². The molecule has 4 nitrogen and oxygen atoms in total. The van der Waals surface area contributed by atoms with Crippen molar-refractivity contribution in [3.63, 3.8) is 0 Å². The first kappa shape index (κ1) is 16.9. The molecule has 18 heavy (non-hydrogen) atoms. The van der Waals surface area contributed by atoms with E-state index in [1.165, 1.54) is 6.07 Å². The molecular formula is C8H6Br3ClO4S2. The first-order valence-electron chi connectivity index (χ1n) is 4.18. The van der Waals surface area contributed by atoms with Crippen molar-refractivity contribution in [2.75, 3.05) is 6.26 Å². The molecule has 1 aromatic rings. The summed E-state index contributed by atoms with van der Waals surface area (Å²) in [6, 6.07) is 3.43. The molecule has 1 aromatic carbocycles. The average Bonchev–Trinajstić information content (AvgIpc) is 2.13. The number of hydrogen-bond donors (Lipinski definition) is 0. The van der Waals surface area contributed by atoms with Gasteiger partial charge in [0, 0.05) is 6.26 Å². The minimum Gasteiger partial charge on any atom is -0.224 e. The Bertz CT molecular complexity index is 677. The normalized spacial score (nSPS) is 13.6. The number of sulfone groups is 2. The fourth-order valence-electron chi connectivity index (χ4n) is 1.05. The molecule has 0 unspecified atom stereocenters. The lowest BCUT2D eigenvalue weighted by Crippen LogP contribution is -2.18. The molecule has 0 aliphatic rings. The van der Waals surface area contributed by atoms with Gasteiger partial charge in [0.2, 0.25) is 11.3 Å². The van der Waals surface area contributed by atoms with Gasteiger partial charge >= 0.3 is 0 Å². The van der Waals surface area contributed by atoms with E-state index in [0.717, 1.165) is 18.4 Å². The zero-order valence-corrected chi connectivity index (χ0v) is 15.8. The van der Waals surface area contributed by atoms with Crippen LogP contribution in [0.4, 0.5) is 0 Å². The first-order valence-corrected chi connectivity index (χ1v) is 10.3. The number of benzene rings is 1. The molecule has 0 fully saturated rings. The molecule has 0 amide bonds.